The van der Waals surface area contributed by atoms with E-state index in [1.165, 1.54) is 6.07 Å². The van der Waals surface area contributed by atoms with Gasteiger partial charge in [-0.3, -0.25) is 4.79 Å². The van der Waals surface area contributed by atoms with Crippen molar-refractivity contribution in [2.45, 2.75) is 52.7 Å². The minimum absolute atomic E-state index is 0.0593. The first kappa shape index (κ1) is 20.4. The average Bonchev–Trinajstić information content (AvgIpc) is 3.55. The molecule has 1 aliphatic carbocycles. The van der Waals surface area contributed by atoms with E-state index in [9.17, 15) is 14.7 Å². The maximum absolute atomic E-state index is 12.7. The normalized spacial score (nSPS) is 17.0. The van der Waals surface area contributed by atoms with Gasteiger partial charge in [-0.25, -0.2) is 4.79 Å². The van der Waals surface area contributed by atoms with Gasteiger partial charge in [0.05, 0.1) is 18.9 Å². The van der Waals surface area contributed by atoms with Crippen LogP contribution >= 0.6 is 0 Å². The van der Waals surface area contributed by atoms with Crippen molar-refractivity contribution in [3.63, 3.8) is 0 Å². The van der Waals surface area contributed by atoms with Crippen LogP contribution in [-0.4, -0.2) is 22.2 Å². The van der Waals surface area contributed by atoms with E-state index >= 15 is 0 Å². The van der Waals surface area contributed by atoms with Gasteiger partial charge < -0.3 is 14.4 Å². The molecule has 1 N–H and O–H groups in total. The number of ether oxygens (including phenoxy) is 1. The van der Waals surface area contributed by atoms with Crippen molar-refractivity contribution < 1.29 is 14.6 Å². The van der Waals surface area contributed by atoms with E-state index in [0.29, 0.717) is 11.8 Å². The lowest BCUT2D eigenvalue weighted by atomic mass is 9.85. The Morgan fingerprint density at radius 1 is 1.30 bits per heavy atom. The van der Waals surface area contributed by atoms with Crippen LogP contribution in [0, 0.1) is 23.7 Å². The van der Waals surface area contributed by atoms with Crippen LogP contribution in [0.5, 0.6) is 0 Å². The second-order valence-electron chi connectivity index (χ2n) is 8.45. The lowest BCUT2D eigenvalue weighted by Crippen LogP contribution is -2.28. The fraction of sp³-hybridized carbons (Fsp3) is 0.440. The smallest absolute Gasteiger partial charge is 0.343 e. The van der Waals surface area contributed by atoms with E-state index in [4.69, 9.17) is 4.74 Å². The zero-order chi connectivity index (χ0) is 21.4. The lowest BCUT2D eigenvalue weighted by Gasteiger charge is -2.34. The molecule has 0 bridgehead atoms. The standard InChI is InChI=1S/C25H27NO4/c1-4-30-25(29)21-13-26-22(15(2)3)11-18-9-17(8-7-16-5-6-16)19(14-27)10-20(18)23(26)12-24(21)28/h9-10,12-13,15-16,22,27H,4-6,11,14H2,1-3H3. The van der Waals surface area contributed by atoms with Crippen molar-refractivity contribution in [3.8, 4) is 23.1 Å². The number of hydrogen-bond acceptors (Lipinski definition) is 4. The molecule has 1 atom stereocenters. The molecule has 2 aromatic rings. The molecule has 1 aromatic heterocycles. The fourth-order valence-electron chi connectivity index (χ4n) is 4.03. The Morgan fingerprint density at radius 2 is 2.07 bits per heavy atom. The van der Waals surface area contributed by atoms with E-state index in [2.05, 4.69) is 31.8 Å². The number of esters is 1. The number of aliphatic hydroxyl groups excluding tert-OH is 1. The first-order valence-electron chi connectivity index (χ1n) is 10.6. The highest BCUT2D eigenvalue weighted by atomic mass is 16.5. The highest BCUT2D eigenvalue weighted by molar-refractivity contribution is 5.89. The Balaban J connectivity index is 1.88. The Kier molecular flexibility index (Phi) is 5.53. The van der Waals surface area contributed by atoms with Crippen LogP contribution in [0.1, 0.15) is 66.7 Å². The van der Waals surface area contributed by atoms with Crippen LogP contribution in [-0.2, 0) is 17.8 Å². The predicted octanol–water partition coefficient (Wildman–Crippen LogP) is 3.70. The van der Waals surface area contributed by atoms with E-state index in [-0.39, 0.29) is 30.2 Å². The number of carbonyl (C=O) groups excluding carboxylic acids is 1. The summed E-state index contributed by atoms with van der Waals surface area (Å²) in [4.78, 5) is 25.0. The molecular formula is C25H27NO4. The highest BCUT2D eigenvalue weighted by Crippen LogP contribution is 2.39. The molecule has 1 saturated carbocycles. The summed E-state index contributed by atoms with van der Waals surface area (Å²) in [5.74, 6) is 6.73. The average molecular weight is 405 g/mol. The molecule has 1 aromatic carbocycles. The van der Waals surface area contributed by atoms with Gasteiger partial charge in [-0.05, 0) is 55.4 Å². The predicted molar refractivity (Wildman–Crippen MR) is 115 cm³/mol. The van der Waals surface area contributed by atoms with E-state index in [1.807, 2.05) is 10.6 Å². The van der Waals surface area contributed by atoms with Gasteiger partial charge in [0, 0.05) is 35.3 Å². The molecular weight excluding hydrogens is 378 g/mol. The summed E-state index contributed by atoms with van der Waals surface area (Å²) in [5, 5.41) is 9.92. The topological polar surface area (TPSA) is 68.5 Å². The molecule has 5 nitrogen and oxygen atoms in total. The quantitative estimate of drug-likeness (QED) is 0.622. The number of pyridine rings is 1. The van der Waals surface area contributed by atoms with Crippen molar-refractivity contribution in [2.75, 3.05) is 6.61 Å². The highest BCUT2D eigenvalue weighted by Gasteiger charge is 2.29. The number of rotatable bonds is 4. The summed E-state index contributed by atoms with van der Waals surface area (Å²) in [6.45, 7) is 6.11. The van der Waals surface area contributed by atoms with Gasteiger partial charge in [-0.2, -0.15) is 0 Å². The largest absolute Gasteiger partial charge is 0.462 e. The Labute approximate surface area is 176 Å². The van der Waals surface area contributed by atoms with E-state index in [0.717, 1.165) is 47.2 Å². The van der Waals surface area contributed by atoms with Crippen LogP contribution in [0.15, 0.2) is 29.2 Å². The van der Waals surface area contributed by atoms with Gasteiger partial charge in [0.15, 0.2) is 5.43 Å². The van der Waals surface area contributed by atoms with E-state index < -0.39 is 5.97 Å². The fourth-order valence-corrected chi connectivity index (χ4v) is 4.03. The molecule has 2 aliphatic rings. The second-order valence-corrected chi connectivity index (χ2v) is 8.45. The number of fused-ring (bicyclic) bond motifs is 3. The molecule has 1 unspecified atom stereocenters. The molecule has 0 amide bonds. The van der Waals surface area contributed by atoms with Crippen molar-refractivity contribution in [2.24, 2.45) is 11.8 Å². The molecule has 2 heterocycles. The summed E-state index contributed by atoms with van der Waals surface area (Å²) in [5.41, 5.74) is 4.14. The molecule has 0 radical (unpaired) electrons. The Bertz CT molecular complexity index is 1110. The van der Waals surface area contributed by atoms with Gasteiger partial charge >= 0.3 is 5.97 Å². The van der Waals surface area contributed by atoms with Crippen LogP contribution in [0.4, 0.5) is 0 Å². The van der Waals surface area contributed by atoms with Crippen LogP contribution in [0.25, 0.3) is 11.3 Å². The Morgan fingerprint density at radius 3 is 2.70 bits per heavy atom. The molecule has 0 saturated heterocycles. The number of nitrogens with zero attached hydrogens (tertiary/aromatic N) is 1. The van der Waals surface area contributed by atoms with Crippen molar-refractivity contribution in [1.82, 2.24) is 4.57 Å². The number of benzene rings is 1. The summed E-state index contributed by atoms with van der Waals surface area (Å²) in [6, 6.07) is 5.64. The molecule has 1 fully saturated rings. The zero-order valence-electron chi connectivity index (χ0n) is 17.7. The number of hydrogen-bond donors (Lipinski definition) is 1. The first-order valence-corrected chi connectivity index (χ1v) is 10.6. The number of carbonyl (C=O) groups is 1. The van der Waals surface area contributed by atoms with Gasteiger partial charge in [0.1, 0.15) is 5.56 Å². The van der Waals surface area contributed by atoms with Crippen LogP contribution < -0.4 is 5.43 Å². The zero-order valence-corrected chi connectivity index (χ0v) is 17.7. The van der Waals surface area contributed by atoms with Gasteiger partial charge in [-0.1, -0.05) is 25.7 Å². The van der Waals surface area contributed by atoms with Crippen molar-refractivity contribution >= 4 is 5.97 Å². The molecule has 30 heavy (non-hydrogen) atoms. The second kappa shape index (κ2) is 8.12. The minimum Gasteiger partial charge on any atom is -0.462 e. The van der Waals surface area contributed by atoms with Gasteiger partial charge in [0.2, 0.25) is 0 Å². The maximum Gasteiger partial charge on any atom is 0.343 e. The van der Waals surface area contributed by atoms with Crippen LogP contribution in [0.3, 0.4) is 0 Å². The maximum atomic E-state index is 12.7. The monoisotopic (exact) mass is 405 g/mol. The molecule has 5 heteroatoms. The number of aromatic nitrogens is 1. The number of aliphatic hydroxyl groups is 1. The summed E-state index contributed by atoms with van der Waals surface area (Å²) in [7, 11) is 0. The van der Waals surface area contributed by atoms with Crippen LogP contribution in [0.2, 0.25) is 0 Å². The third kappa shape index (κ3) is 3.80. The van der Waals surface area contributed by atoms with Crippen molar-refractivity contribution in [1.29, 1.82) is 0 Å². The molecule has 1 aliphatic heterocycles. The molecule has 156 valence electrons. The van der Waals surface area contributed by atoms with E-state index in [1.54, 1.807) is 13.1 Å². The van der Waals surface area contributed by atoms with Gasteiger partial charge in [-0.15, -0.1) is 0 Å². The van der Waals surface area contributed by atoms with Gasteiger partial charge in [0.25, 0.3) is 0 Å². The molecule has 0 spiro atoms. The minimum atomic E-state index is -0.590. The summed E-state index contributed by atoms with van der Waals surface area (Å²) in [6.07, 6.45) is 4.72. The third-order valence-electron chi connectivity index (χ3n) is 5.89. The summed E-state index contributed by atoms with van der Waals surface area (Å²) >= 11 is 0. The van der Waals surface area contributed by atoms with Crippen molar-refractivity contribution in [3.05, 3.63) is 56.9 Å². The Hall–Kier alpha value is -2.84. The lowest BCUT2D eigenvalue weighted by molar-refractivity contribution is 0.0523. The molecule has 4 rings (SSSR count). The first-order chi connectivity index (χ1) is 14.4. The summed E-state index contributed by atoms with van der Waals surface area (Å²) < 4.78 is 7.09. The third-order valence-corrected chi connectivity index (χ3v) is 5.89. The SMILES string of the molecule is CCOC(=O)c1cn2c(cc1=O)-c1cc(CO)c(C#CC3CC3)cc1CC2C(C)C.